The highest BCUT2D eigenvalue weighted by Gasteiger charge is 2.33. The van der Waals surface area contributed by atoms with Crippen LogP contribution in [0.5, 0.6) is 17.2 Å². The summed E-state index contributed by atoms with van der Waals surface area (Å²) in [6.45, 7) is 3.24. The van der Waals surface area contributed by atoms with Gasteiger partial charge in [-0.15, -0.1) is 0 Å². The summed E-state index contributed by atoms with van der Waals surface area (Å²) in [6.07, 6.45) is 1.13. The molecule has 164 valence electrons. The third kappa shape index (κ3) is 6.08. The number of aliphatic hydroxyl groups is 1. The Labute approximate surface area is 177 Å². The standard InChI is InChI=1S/C23H30FNO5/c1-27-13-14-29-22-15-18(7-8-21(22)28-2)16-25-11-9-23(26,10-12-25)17-30-20-6-4-3-5-19(20)24/h3-8,15,26H,9-14,16-17H2,1-2H3. The lowest BCUT2D eigenvalue weighted by Gasteiger charge is -2.38. The van der Waals surface area contributed by atoms with E-state index in [2.05, 4.69) is 4.90 Å². The number of methoxy groups -OCH3 is 2. The molecular formula is C23H30FNO5. The number of likely N-dealkylation sites (tertiary alicyclic amines) is 1. The topological polar surface area (TPSA) is 60.4 Å². The molecule has 1 saturated heterocycles. The van der Waals surface area contributed by atoms with Crippen LogP contribution in [0.15, 0.2) is 42.5 Å². The summed E-state index contributed by atoms with van der Waals surface area (Å²) >= 11 is 0. The Bertz CT molecular complexity index is 808. The smallest absolute Gasteiger partial charge is 0.165 e. The molecule has 1 fully saturated rings. The maximum absolute atomic E-state index is 13.7. The monoisotopic (exact) mass is 419 g/mol. The molecule has 7 heteroatoms. The highest BCUT2D eigenvalue weighted by molar-refractivity contribution is 5.43. The number of halogens is 1. The summed E-state index contributed by atoms with van der Waals surface area (Å²) in [4.78, 5) is 2.28. The van der Waals surface area contributed by atoms with E-state index in [0.717, 1.165) is 25.2 Å². The van der Waals surface area contributed by atoms with Crippen molar-refractivity contribution in [2.45, 2.75) is 25.0 Å². The van der Waals surface area contributed by atoms with Gasteiger partial charge in [0.15, 0.2) is 23.1 Å². The fraction of sp³-hybridized carbons (Fsp3) is 0.478. The van der Waals surface area contributed by atoms with Crippen LogP contribution in [0.3, 0.4) is 0 Å². The highest BCUT2D eigenvalue weighted by Crippen LogP contribution is 2.30. The van der Waals surface area contributed by atoms with Crippen molar-refractivity contribution in [3.63, 3.8) is 0 Å². The third-order valence-electron chi connectivity index (χ3n) is 5.30. The minimum absolute atomic E-state index is 0.0851. The van der Waals surface area contributed by atoms with Gasteiger partial charge >= 0.3 is 0 Å². The number of hydrogen-bond donors (Lipinski definition) is 1. The summed E-state index contributed by atoms with van der Waals surface area (Å²) in [7, 11) is 3.25. The van der Waals surface area contributed by atoms with E-state index in [1.807, 2.05) is 18.2 Å². The highest BCUT2D eigenvalue weighted by atomic mass is 19.1. The van der Waals surface area contributed by atoms with Gasteiger partial charge in [0.2, 0.25) is 0 Å². The van der Waals surface area contributed by atoms with E-state index in [9.17, 15) is 9.50 Å². The van der Waals surface area contributed by atoms with Gasteiger partial charge in [0.25, 0.3) is 0 Å². The molecular weight excluding hydrogens is 389 g/mol. The second kappa shape index (κ2) is 10.6. The summed E-state index contributed by atoms with van der Waals surface area (Å²) < 4.78 is 35.4. The lowest BCUT2D eigenvalue weighted by Crippen LogP contribution is -2.47. The zero-order valence-electron chi connectivity index (χ0n) is 17.6. The molecule has 0 unspecified atom stereocenters. The number of para-hydroxylation sites is 1. The maximum atomic E-state index is 13.7. The molecule has 6 nitrogen and oxygen atoms in total. The van der Waals surface area contributed by atoms with Crippen molar-refractivity contribution in [1.82, 2.24) is 4.90 Å². The summed E-state index contributed by atoms with van der Waals surface area (Å²) in [6, 6.07) is 12.2. The normalized spacial score (nSPS) is 16.3. The van der Waals surface area contributed by atoms with Crippen LogP contribution in [-0.2, 0) is 11.3 Å². The van der Waals surface area contributed by atoms with Crippen LogP contribution < -0.4 is 14.2 Å². The first kappa shape index (κ1) is 22.3. The fourth-order valence-corrected chi connectivity index (χ4v) is 3.47. The molecule has 0 aliphatic carbocycles. The molecule has 30 heavy (non-hydrogen) atoms. The molecule has 1 N–H and O–H groups in total. The number of nitrogens with zero attached hydrogens (tertiary/aromatic N) is 1. The zero-order chi connectivity index (χ0) is 21.4. The van der Waals surface area contributed by atoms with Crippen molar-refractivity contribution < 1.29 is 28.4 Å². The molecule has 0 saturated carbocycles. The minimum atomic E-state index is -0.951. The van der Waals surface area contributed by atoms with Crippen molar-refractivity contribution in [2.75, 3.05) is 47.1 Å². The predicted molar refractivity (Wildman–Crippen MR) is 112 cm³/mol. The predicted octanol–water partition coefficient (Wildman–Crippen LogP) is 3.27. The fourth-order valence-electron chi connectivity index (χ4n) is 3.47. The van der Waals surface area contributed by atoms with Gasteiger partial charge in [-0.05, 0) is 42.7 Å². The van der Waals surface area contributed by atoms with Crippen LogP contribution in [0, 0.1) is 5.82 Å². The van der Waals surface area contributed by atoms with Crippen LogP contribution >= 0.6 is 0 Å². The molecule has 3 rings (SSSR count). The Morgan fingerprint density at radius 2 is 1.73 bits per heavy atom. The van der Waals surface area contributed by atoms with Gasteiger partial charge in [0, 0.05) is 26.7 Å². The molecule has 0 spiro atoms. The Morgan fingerprint density at radius 1 is 0.967 bits per heavy atom. The largest absolute Gasteiger partial charge is 0.493 e. The third-order valence-corrected chi connectivity index (χ3v) is 5.30. The second-order valence-electron chi connectivity index (χ2n) is 7.55. The van der Waals surface area contributed by atoms with E-state index in [0.29, 0.717) is 37.6 Å². The summed E-state index contributed by atoms with van der Waals surface area (Å²) in [5, 5.41) is 10.8. The SMILES string of the molecule is COCCOc1cc(CN2CCC(O)(COc3ccccc3F)CC2)ccc1OC. The van der Waals surface area contributed by atoms with Crippen LogP contribution in [0.4, 0.5) is 4.39 Å². The van der Waals surface area contributed by atoms with E-state index >= 15 is 0 Å². The van der Waals surface area contributed by atoms with E-state index in [4.69, 9.17) is 18.9 Å². The summed E-state index contributed by atoms with van der Waals surface area (Å²) in [5.41, 5.74) is 0.156. The van der Waals surface area contributed by atoms with E-state index < -0.39 is 11.4 Å². The lowest BCUT2D eigenvalue weighted by molar-refractivity contribution is -0.0543. The molecule has 2 aromatic rings. The molecule has 0 bridgehead atoms. The van der Waals surface area contributed by atoms with Crippen LogP contribution in [0.2, 0.25) is 0 Å². The number of ether oxygens (including phenoxy) is 4. The van der Waals surface area contributed by atoms with Gasteiger partial charge in [0.1, 0.15) is 18.8 Å². The molecule has 0 amide bonds. The zero-order valence-corrected chi connectivity index (χ0v) is 17.6. The van der Waals surface area contributed by atoms with Gasteiger partial charge in [-0.1, -0.05) is 18.2 Å². The second-order valence-corrected chi connectivity index (χ2v) is 7.55. The number of rotatable bonds is 10. The van der Waals surface area contributed by atoms with Gasteiger partial charge in [0.05, 0.1) is 13.7 Å². The van der Waals surface area contributed by atoms with Gasteiger partial charge in [-0.2, -0.15) is 0 Å². The average molecular weight is 419 g/mol. The van der Waals surface area contributed by atoms with Crippen molar-refractivity contribution in [3.05, 3.63) is 53.8 Å². The maximum Gasteiger partial charge on any atom is 0.165 e. The van der Waals surface area contributed by atoms with Crippen LogP contribution in [0.1, 0.15) is 18.4 Å². The number of benzene rings is 2. The van der Waals surface area contributed by atoms with Gasteiger partial charge < -0.3 is 24.1 Å². The van der Waals surface area contributed by atoms with Gasteiger partial charge in [-0.25, -0.2) is 4.39 Å². The molecule has 2 aromatic carbocycles. The van der Waals surface area contributed by atoms with Crippen LogP contribution in [0.25, 0.3) is 0 Å². The Morgan fingerprint density at radius 3 is 2.43 bits per heavy atom. The molecule has 0 atom stereocenters. The molecule has 1 aliphatic heterocycles. The average Bonchev–Trinajstić information content (AvgIpc) is 2.75. The minimum Gasteiger partial charge on any atom is -0.493 e. The lowest BCUT2D eigenvalue weighted by atomic mass is 9.92. The van der Waals surface area contributed by atoms with E-state index in [1.165, 1.54) is 6.07 Å². The molecule has 1 aliphatic rings. The van der Waals surface area contributed by atoms with Crippen LogP contribution in [-0.4, -0.2) is 62.7 Å². The van der Waals surface area contributed by atoms with Gasteiger partial charge in [-0.3, -0.25) is 4.90 Å². The van der Waals surface area contributed by atoms with Crippen molar-refractivity contribution in [1.29, 1.82) is 0 Å². The first-order chi connectivity index (χ1) is 14.5. The summed E-state index contributed by atoms with van der Waals surface area (Å²) in [5.74, 6) is 1.14. The first-order valence-electron chi connectivity index (χ1n) is 10.1. The Balaban J connectivity index is 1.52. The quantitative estimate of drug-likeness (QED) is 0.597. The Kier molecular flexibility index (Phi) is 7.90. The molecule has 0 aromatic heterocycles. The number of piperidine rings is 1. The van der Waals surface area contributed by atoms with E-state index in [-0.39, 0.29) is 12.4 Å². The van der Waals surface area contributed by atoms with Crippen molar-refractivity contribution in [3.8, 4) is 17.2 Å². The molecule has 1 heterocycles. The van der Waals surface area contributed by atoms with E-state index in [1.54, 1.807) is 32.4 Å². The van der Waals surface area contributed by atoms with Crippen molar-refractivity contribution >= 4 is 0 Å². The molecule has 0 radical (unpaired) electrons. The van der Waals surface area contributed by atoms with Crippen molar-refractivity contribution in [2.24, 2.45) is 0 Å². The Hall–Kier alpha value is -2.35. The first-order valence-corrected chi connectivity index (χ1v) is 10.1. The number of hydrogen-bond acceptors (Lipinski definition) is 6.